The molecule has 0 aliphatic rings. The van der Waals surface area contributed by atoms with E-state index in [1.807, 2.05) is 19.1 Å². The van der Waals surface area contributed by atoms with Crippen LogP contribution < -0.4 is 16.4 Å². The molecule has 6 heteroatoms. The number of urea groups is 1. The van der Waals surface area contributed by atoms with Gasteiger partial charge in [0.15, 0.2) is 0 Å². The zero-order valence-electron chi connectivity index (χ0n) is 11.4. The molecule has 0 bridgehead atoms. The maximum Gasteiger partial charge on any atom is 0.316 e. The minimum Gasteiger partial charge on any atom is -0.378 e. The minimum absolute atomic E-state index is 0.0226. The van der Waals surface area contributed by atoms with Crippen molar-refractivity contribution in [1.82, 2.24) is 0 Å². The second kappa shape index (κ2) is 6.58. The zero-order valence-corrected chi connectivity index (χ0v) is 12.9. The standard InChI is InChI=1S/C15H15BrFN3O/c1-9(19-14-7-4-11(17)8-13(14)16)10-2-5-12(6-3-10)20-15(18)21/h2-9,19H,1H3,(H3,18,20,21). The van der Waals surface area contributed by atoms with Gasteiger partial charge in [-0.3, -0.25) is 0 Å². The quantitative estimate of drug-likeness (QED) is 0.770. The predicted molar refractivity (Wildman–Crippen MR) is 85.8 cm³/mol. The van der Waals surface area contributed by atoms with Gasteiger partial charge in [-0.2, -0.15) is 0 Å². The second-order valence-electron chi connectivity index (χ2n) is 4.60. The molecule has 4 nitrogen and oxygen atoms in total. The van der Waals surface area contributed by atoms with Gasteiger partial charge >= 0.3 is 6.03 Å². The van der Waals surface area contributed by atoms with E-state index in [4.69, 9.17) is 5.73 Å². The molecule has 4 N–H and O–H groups in total. The molecule has 110 valence electrons. The third kappa shape index (κ3) is 4.19. The highest BCUT2D eigenvalue weighted by atomic mass is 79.9. The summed E-state index contributed by atoms with van der Waals surface area (Å²) >= 11 is 3.32. The molecule has 0 fully saturated rings. The molecule has 1 atom stereocenters. The summed E-state index contributed by atoms with van der Waals surface area (Å²) in [5.41, 5.74) is 7.53. The summed E-state index contributed by atoms with van der Waals surface area (Å²) in [6.45, 7) is 1.99. The van der Waals surface area contributed by atoms with Crippen molar-refractivity contribution in [3.63, 3.8) is 0 Å². The maximum absolute atomic E-state index is 13.1. The van der Waals surface area contributed by atoms with Crippen molar-refractivity contribution >= 4 is 33.3 Å². The number of halogens is 2. The highest BCUT2D eigenvalue weighted by Crippen LogP contribution is 2.27. The maximum atomic E-state index is 13.1. The fourth-order valence-electron chi connectivity index (χ4n) is 1.92. The molecule has 1 unspecified atom stereocenters. The van der Waals surface area contributed by atoms with E-state index in [1.54, 1.807) is 18.2 Å². The summed E-state index contributed by atoms with van der Waals surface area (Å²) in [4.78, 5) is 10.8. The van der Waals surface area contributed by atoms with Crippen LogP contribution in [0.3, 0.4) is 0 Å². The fraction of sp³-hybridized carbons (Fsp3) is 0.133. The number of carbonyl (C=O) groups is 1. The first kappa shape index (κ1) is 15.3. The SMILES string of the molecule is CC(Nc1ccc(F)cc1Br)c1ccc(NC(N)=O)cc1. The Hall–Kier alpha value is -2.08. The number of nitrogens with one attached hydrogen (secondary N) is 2. The van der Waals surface area contributed by atoms with Crippen LogP contribution in [0, 0.1) is 5.82 Å². The summed E-state index contributed by atoms with van der Waals surface area (Å²) in [6.07, 6.45) is 0. The predicted octanol–water partition coefficient (Wildman–Crippen LogP) is 4.25. The Morgan fingerprint density at radius 3 is 2.48 bits per heavy atom. The lowest BCUT2D eigenvalue weighted by Crippen LogP contribution is -2.19. The van der Waals surface area contributed by atoms with Crippen molar-refractivity contribution in [2.75, 3.05) is 10.6 Å². The highest BCUT2D eigenvalue weighted by molar-refractivity contribution is 9.10. The van der Waals surface area contributed by atoms with E-state index in [0.717, 1.165) is 11.3 Å². The van der Waals surface area contributed by atoms with Gasteiger partial charge in [-0.05, 0) is 58.7 Å². The van der Waals surface area contributed by atoms with E-state index in [9.17, 15) is 9.18 Å². The van der Waals surface area contributed by atoms with E-state index in [0.29, 0.717) is 10.2 Å². The Labute approximate surface area is 130 Å². The molecule has 0 aliphatic carbocycles. The van der Waals surface area contributed by atoms with E-state index >= 15 is 0 Å². The molecule has 0 aliphatic heterocycles. The highest BCUT2D eigenvalue weighted by Gasteiger charge is 2.08. The Morgan fingerprint density at radius 2 is 1.90 bits per heavy atom. The summed E-state index contributed by atoms with van der Waals surface area (Å²) < 4.78 is 13.7. The third-order valence-corrected chi connectivity index (χ3v) is 3.64. The van der Waals surface area contributed by atoms with E-state index in [-0.39, 0.29) is 11.9 Å². The van der Waals surface area contributed by atoms with Gasteiger partial charge in [0.25, 0.3) is 0 Å². The van der Waals surface area contributed by atoms with Gasteiger partial charge < -0.3 is 16.4 Å². The van der Waals surface area contributed by atoms with Crippen LogP contribution in [-0.4, -0.2) is 6.03 Å². The van der Waals surface area contributed by atoms with Crippen molar-refractivity contribution in [2.45, 2.75) is 13.0 Å². The van der Waals surface area contributed by atoms with E-state index in [1.165, 1.54) is 12.1 Å². The Morgan fingerprint density at radius 1 is 1.24 bits per heavy atom. The van der Waals surface area contributed by atoms with Gasteiger partial charge in [-0.1, -0.05) is 12.1 Å². The molecule has 2 amide bonds. The summed E-state index contributed by atoms with van der Waals surface area (Å²) in [6, 6.07) is 11.3. The van der Waals surface area contributed by atoms with Crippen molar-refractivity contribution in [1.29, 1.82) is 0 Å². The molecule has 21 heavy (non-hydrogen) atoms. The number of benzene rings is 2. The van der Waals surface area contributed by atoms with Crippen LogP contribution >= 0.6 is 15.9 Å². The van der Waals surface area contributed by atoms with Crippen LogP contribution in [0.1, 0.15) is 18.5 Å². The van der Waals surface area contributed by atoms with Gasteiger partial charge in [0.2, 0.25) is 0 Å². The van der Waals surface area contributed by atoms with Gasteiger partial charge in [-0.15, -0.1) is 0 Å². The first-order valence-electron chi connectivity index (χ1n) is 6.33. The van der Waals surface area contributed by atoms with E-state index in [2.05, 4.69) is 26.6 Å². The van der Waals surface area contributed by atoms with Crippen LogP contribution in [0.5, 0.6) is 0 Å². The average Bonchev–Trinajstić information content (AvgIpc) is 2.42. The molecule has 2 aromatic rings. The number of hydrogen-bond acceptors (Lipinski definition) is 2. The van der Waals surface area contributed by atoms with Crippen molar-refractivity contribution < 1.29 is 9.18 Å². The number of nitrogens with two attached hydrogens (primary N) is 1. The molecule has 0 spiro atoms. The van der Waals surface area contributed by atoms with Gasteiger partial charge in [-0.25, -0.2) is 9.18 Å². The van der Waals surface area contributed by atoms with Crippen LogP contribution in [0.15, 0.2) is 46.9 Å². The molecule has 0 radical (unpaired) electrons. The Bertz CT molecular complexity index is 646. The Balaban J connectivity index is 2.09. The lowest BCUT2D eigenvalue weighted by molar-refractivity contribution is 0.259. The van der Waals surface area contributed by atoms with E-state index < -0.39 is 6.03 Å². The molecular formula is C15H15BrFN3O. The van der Waals surface area contributed by atoms with Gasteiger partial charge in [0.05, 0.1) is 0 Å². The minimum atomic E-state index is -0.593. The second-order valence-corrected chi connectivity index (χ2v) is 5.46. The van der Waals surface area contributed by atoms with Gasteiger partial charge in [0, 0.05) is 21.9 Å². The van der Waals surface area contributed by atoms with Gasteiger partial charge in [0.1, 0.15) is 5.82 Å². The number of rotatable bonds is 4. The molecule has 0 saturated carbocycles. The number of anilines is 2. The Kier molecular flexibility index (Phi) is 4.80. The van der Waals surface area contributed by atoms with Crippen LogP contribution in [-0.2, 0) is 0 Å². The van der Waals surface area contributed by atoms with Crippen molar-refractivity contribution in [3.8, 4) is 0 Å². The first-order valence-corrected chi connectivity index (χ1v) is 7.13. The number of carbonyl (C=O) groups excluding carboxylic acids is 1. The summed E-state index contributed by atoms with van der Waals surface area (Å²) in [5, 5.41) is 5.79. The lowest BCUT2D eigenvalue weighted by Gasteiger charge is -2.17. The summed E-state index contributed by atoms with van der Waals surface area (Å²) in [7, 11) is 0. The van der Waals surface area contributed by atoms with Crippen LogP contribution in [0.4, 0.5) is 20.6 Å². The third-order valence-electron chi connectivity index (χ3n) is 2.98. The monoisotopic (exact) mass is 351 g/mol. The molecule has 0 saturated heterocycles. The lowest BCUT2D eigenvalue weighted by atomic mass is 10.1. The number of hydrogen-bond donors (Lipinski definition) is 3. The largest absolute Gasteiger partial charge is 0.378 e. The fourth-order valence-corrected chi connectivity index (χ4v) is 2.39. The smallest absolute Gasteiger partial charge is 0.316 e. The number of primary amides is 1. The topological polar surface area (TPSA) is 67.2 Å². The number of amides is 2. The van der Waals surface area contributed by atoms with Crippen molar-refractivity contribution in [3.05, 3.63) is 58.3 Å². The van der Waals surface area contributed by atoms with Crippen LogP contribution in [0.2, 0.25) is 0 Å². The van der Waals surface area contributed by atoms with Crippen molar-refractivity contribution in [2.24, 2.45) is 5.73 Å². The molecule has 2 aromatic carbocycles. The molecular weight excluding hydrogens is 337 g/mol. The molecule has 0 heterocycles. The average molecular weight is 352 g/mol. The first-order chi connectivity index (χ1) is 9.95. The normalized spacial score (nSPS) is 11.8. The summed E-state index contributed by atoms with van der Waals surface area (Å²) in [5.74, 6) is -0.290. The van der Waals surface area contributed by atoms with Crippen LogP contribution in [0.25, 0.3) is 0 Å². The molecule has 0 aromatic heterocycles. The molecule has 2 rings (SSSR count). The zero-order chi connectivity index (χ0) is 15.4.